The lowest BCUT2D eigenvalue weighted by Gasteiger charge is -2.12. The summed E-state index contributed by atoms with van der Waals surface area (Å²) in [6.07, 6.45) is 1.32. The van der Waals surface area contributed by atoms with Gasteiger partial charge in [0.2, 0.25) is 10.0 Å². The lowest BCUT2D eigenvalue weighted by atomic mass is 10.3. The maximum Gasteiger partial charge on any atom is 0.241 e. The van der Waals surface area contributed by atoms with Crippen LogP contribution >= 0.6 is 0 Å². The number of benzene rings is 1. The van der Waals surface area contributed by atoms with E-state index >= 15 is 0 Å². The number of nitrogen functional groups attached to an aromatic ring is 1. The topological polar surface area (TPSA) is 126 Å². The van der Waals surface area contributed by atoms with Crippen LogP contribution in [0.25, 0.3) is 0 Å². The van der Waals surface area contributed by atoms with Crippen LogP contribution in [0.2, 0.25) is 0 Å². The first kappa shape index (κ1) is 13.5. The average Bonchev–Trinajstić information content (AvgIpc) is 2.92. The van der Waals surface area contributed by atoms with Crippen LogP contribution in [0.1, 0.15) is 18.8 Å². The Balaban J connectivity index is 2.17. The second kappa shape index (κ2) is 5.34. The van der Waals surface area contributed by atoms with Gasteiger partial charge in [-0.3, -0.25) is 10.9 Å². The quantitative estimate of drug-likeness (QED) is 0.456. The molecule has 0 fully saturated rings. The molecule has 0 aliphatic heterocycles. The number of hydrazine groups is 1. The number of anilines is 1. The van der Waals surface area contributed by atoms with Crippen LogP contribution in [-0.2, 0) is 10.0 Å². The molecule has 1 aromatic carbocycles. The van der Waals surface area contributed by atoms with Crippen molar-refractivity contribution in [3.05, 3.63) is 36.4 Å². The molecule has 0 aliphatic carbocycles. The standard InChI is InChI=1S/C10H14N6O2S/c1-7(10-12-6-13-15-10)16-19(17,18)9-4-2-8(14-11)3-5-9/h2-7,14,16H,11H2,1H3,(H,12,13,15). The Morgan fingerprint density at radius 3 is 2.53 bits per heavy atom. The van der Waals surface area contributed by atoms with Gasteiger partial charge in [-0.05, 0) is 31.2 Å². The summed E-state index contributed by atoms with van der Waals surface area (Å²) < 4.78 is 26.7. The van der Waals surface area contributed by atoms with Gasteiger partial charge in [0.05, 0.1) is 10.9 Å². The summed E-state index contributed by atoms with van der Waals surface area (Å²) in [5, 5.41) is 6.29. The Morgan fingerprint density at radius 2 is 2.00 bits per heavy atom. The van der Waals surface area contributed by atoms with Gasteiger partial charge in [-0.25, -0.2) is 18.1 Å². The van der Waals surface area contributed by atoms with Gasteiger partial charge < -0.3 is 5.43 Å². The second-order valence-electron chi connectivity index (χ2n) is 3.88. The van der Waals surface area contributed by atoms with Crippen molar-refractivity contribution >= 4 is 15.7 Å². The molecule has 0 aliphatic rings. The summed E-state index contributed by atoms with van der Waals surface area (Å²) >= 11 is 0. The number of H-pyrrole nitrogens is 1. The maximum atomic E-state index is 12.1. The molecule has 9 heteroatoms. The molecule has 0 spiro atoms. The summed E-state index contributed by atoms with van der Waals surface area (Å²) in [7, 11) is -3.62. The van der Waals surface area contributed by atoms with E-state index in [4.69, 9.17) is 5.84 Å². The van der Waals surface area contributed by atoms with E-state index in [0.29, 0.717) is 11.5 Å². The predicted molar refractivity (Wildman–Crippen MR) is 69.4 cm³/mol. The van der Waals surface area contributed by atoms with Crippen LogP contribution in [-0.4, -0.2) is 23.6 Å². The monoisotopic (exact) mass is 282 g/mol. The Morgan fingerprint density at radius 1 is 1.32 bits per heavy atom. The third-order valence-corrected chi connectivity index (χ3v) is 4.06. The summed E-state index contributed by atoms with van der Waals surface area (Å²) in [6.45, 7) is 1.67. The molecule has 0 amide bonds. The zero-order chi connectivity index (χ0) is 13.9. The molecule has 19 heavy (non-hydrogen) atoms. The molecule has 0 bridgehead atoms. The summed E-state index contributed by atoms with van der Waals surface area (Å²) in [5.41, 5.74) is 3.06. The number of hydrogen-bond donors (Lipinski definition) is 4. The van der Waals surface area contributed by atoms with Gasteiger partial charge in [0.1, 0.15) is 12.2 Å². The van der Waals surface area contributed by atoms with Crippen molar-refractivity contribution in [2.24, 2.45) is 5.84 Å². The van der Waals surface area contributed by atoms with E-state index in [-0.39, 0.29) is 4.90 Å². The smallest absolute Gasteiger partial charge is 0.241 e. The molecule has 8 nitrogen and oxygen atoms in total. The highest BCUT2D eigenvalue weighted by molar-refractivity contribution is 7.89. The van der Waals surface area contributed by atoms with Crippen LogP contribution in [0.15, 0.2) is 35.5 Å². The molecule has 1 atom stereocenters. The Kier molecular flexibility index (Phi) is 3.79. The number of aromatic nitrogens is 3. The van der Waals surface area contributed by atoms with Gasteiger partial charge in [-0.2, -0.15) is 5.10 Å². The van der Waals surface area contributed by atoms with Gasteiger partial charge in [-0.15, -0.1) is 0 Å². The normalized spacial score (nSPS) is 13.2. The Bertz CT molecular complexity index is 623. The fraction of sp³-hybridized carbons (Fsp3) is 0.200. The minimum atomic E-state index is -3.62. The first-order chi connectivity index (χ1) is 9.03. The van der Waals surface area contributed by atoms with Gasteiger partial charge in [-0.1, -0.05) is 0 Å². The number of nitrogens with zero attached hydrogens (tertiary/aromatic N) is 2. The molecule has 102 valence electrons. The third kappa shape index (κ3) is 3.08. The van der Waals surface area contributed by atoms with Gasteiger partial charge in [0.25, 0.3) is 0 Å². The summed E-state index contributed by atoms with van der Waals surface area (Å²) in [4.78, 5) is 4.05. The molecular weight excluding hydrogens is 268 g/mol. The average molecular weight is 282 g/mol. The van der Waals surface area contributed by atoms with E-state index in [2.05, 4.69) is 25.3 Å². The van der Waals surface area contributed by atoms with E-state index in [1.165, 1.54) is 18.5 Å². The van der Waals surface area contributed by atoms with Crippen molar-refractivity contribution in [3.8, 4) is 0 Å². The molecule has 0 radical (unpaired) electrons. The first-order valence-electron chi connectivity index (χ1n) is 5.47. The van der Waals surface area contributed by atoms with Crippen molar-refractivity contribution in [1.82, 2.24) is 19.9 Å². The number of nitrogens with one attached hydrogen (secondary N) is 3. The number of hydrogen-bond acceptors (Lipinski definition) is 6. The van der Waals surface area contributed by atoms with E-state index in [1.807, 2.05) is 0 Å². The fourth-order valence-electron chi connectivity index (χ4n) is 1.51. The third-order valence-electron chi connectivity index (χ3n) is 2.51. The van der Waals surface area contributed by atoms with Crippen molar-refractivity contribution in [1.29, 1.82) is 0 Å². The highest BCUT2D eigenvalue weighted by Crippen LogP contribution is 2.16. The number of nitrogens with two attached hydrogens (primary N) is 1. The van der Waals surface area contributed by atoms with Crippen LogP contribution < -0.4 is 16.0 Å². The van der Waals surface area contributed by atoms with Crippen molar-refractivity contribution in [2.75, 3.05) is 5.43 Å². The number of sulfonamides is 1. The SMILES string of the molecule is CC(NS(=O)(=O)c1ccc(NN)cc1)c1ncn[nH]1. The van der Waals surface area contributed by atoms with Crippen LogP contribution in [0, 0.1) is 0 Å². The Labute approximate surface area is 110 Å². The fourth-order valence-corrected chi connectivity index (χ4v) is 2.72. The van der Waals surface area contributed by atoms with Crippen LogP contribution in [0.5, 0.6) is 0 Å². The lowest BCUT2D eigenvalue weighted by molar-refractivity contribution is 0.560. The Hall–Kier alpha value is -1.97. The number of aromatic amines is 1. The van der Waals surface area contributed by atoms with Crippen molar-refractivity contribution in [3.63, 3.8) is 0 Å². The highest BCUT2D eigenvalue weighted by Gasteiger charge is 2.19. The van der Waals surface area contributed by atoms with Crippen LogP contribution in [0.3, 0.4) is 0 Å². The maximum absolute atomic E-state index is 12.1. The van der Waals surface area contributed by atoms with E-state index in [9.17, 15) is 8.42 Å². The van der Waals surface area contributed by atoms with Crippen molar-refractivity contribution < 1.29 is 8.42 Å². The molecule has 2 aromatic rings. The predicted octanol–water partition coefficient (Wildman–Crippen LogP) is 0.130. The zero-order valence-corrected chi connectivity index (χ0v) is 11.0. The van der Waals surface area contributed by atoms with E-state index in [0.717, 1.165) is 0 Å². The minimum Gasteiger partial charge on any atom is -0.324 e. The molecule has 1 heterocycles. The summed E-state index contributed by atoms with van der Waals surface area (Å²) in [6, 6.07) is 5.58. The minimum absolute atomic E-state index is 0.151. The molecule has 2 rings (SSSR count). The van der Waals surface area contributed by atoms with Gasteiger partial charge in [0, 0.05) is 5.69 Å². The molecule has 0 saturated heterocycles. The highest BCUT2D eigenvalue weighted by atomic mass is 32.2. The second-order valence-corrected chi connectivity index (χ2v) is 5.60. The van der Waals surface area contributed by atoms with E-state index < -0.39 is 16.1 Å². The van der Waals surface area contributed by atoms with Crippen molar-refractivity contribution in [2.45, 2.75) is 17.9 Å². The van der Waals surface area contributed by atoms with Gasteiger partial charge in [0.15, 0.2) is 0 Å². The molecule has 0 saturated carbocycles. The lowest BCUT2D eigenvalue weighted by Crippen LogP contribution is -2.27. The molecular formula is C10H14N6O2S. The van der Waals surface area contributed by atoms with Gasteiger partial charge >= 0.3 is 0 Å². The molecule has 5 N–H and O–H groups in total. The number of rotatable bonds is 5. The van der Waals surface area contributed by atoms with Crippen LogP contribution in [0.4, 0.5) is 5.69 Å². The first-order valence-corrected chi connectivity index (χ1v) is 6.95. The molecule has 1 unspecified atom stereocenters. The molecule has 1 aromatic heterocycles. The zero-order valence-electron chi connectivity index (χ0n) is 10.2. The summed E-state index contributed by atoms with van der Waals surface area (Å²) in [5.74, 6) is 5.67. The largest absolute Gasteiger partial charge is 0.324 e. The van der Waals surface area contributed by atoms with E-state index in [1.54, 1.807) is 19.1 Å².